The van der Waals surface area contributed by atoms with E-state index in [4.69, 9.17) is 11.6 Å². The number of carbonyl (C=O) groups excluding carboxylic acids is 1. The summed E-state index contributed by atoms with van der Waals surface area (Å²) in [5.41, 5.74) is -0.534. The van der Waals surface area contributed by atoms with Crippen LogP contribution in [0.3, 0.4) is 0 Å². The second kappa shape index (κ2) is 2.87. The number of hydrogen-bond acceptors (Lipinski definition) is 3. The molecule has 1 aromatic heterocycles. The van der Waals surface area contributed by atoms with Crippen molar-refractivity contribution < 1.29 is 13.6 Å². The summed E-state index contributed by atoms with van der Waals surface area (Å²) in [6, 6.07) is 0. The van der Waals surface area contributed by atoms with Crippen LogP contribution in [0.5, 0.6) is 0 Å². The summed E-state index contributed by atoms with van der Waals surface area (Å²) in [5.74, 6) is -1.25. The van der Waals surface area contributed by atoms with Crippen LogP contribution in [0, 0.1) is 12.0 Å². The molecule has 6 heteroatoms. The van der Waals surface area contributed by atoms with Crippen molar-refractivity contribution in [1.29, 1.82) is 0 Å². The predicted octanol–water partition coefficient (Wildman–Crippen LogP) is 1.13. The second-order valence-electron chi connectivity index (χ2n) is 1.62. The highest BCUT2D eigenvalue weighted by Gasteiger charge is 2.11. The van der Waals surface area contributed by atoms with E-state index in [0.29, 0.717) is 6.20 Å². The molecular weight excluding hydrogens is 178 g/mol. The van der Waals surface area contributed by atoms with E-state index < -0.39 is 22.8 Å². The molecule has 0 saturated carbocycles. The van der Waals surface area contributed by atoms with Gasteiger partial charge in [-0.15, -0.1) is 0 Å². The lowest BCUT2D eigenvalue weighted by molar-refractivity contribution is 0.107. The van der Waals surface area contributed by atoms with E-state index in [2.05, 4.69) is 9.97 Å². The quantitative estimate of drug-likeness (QED) is 0.368. The monoisotopic (exact) mass is 178 g/mol. The van der Waals surface area contributed by atoms with Crippen molar-refractivity contribution in [3.05, 3.63) is 23.8 Å². The summed E-state index contributed by atoms with van der Waals surface area (Å²) in [7, 11) is 0. The van der Waals surface area contributed by atoms with Gasteiger partial charge in [0.2, 0.25) is 5.95 Å². The van der Waals surface area contributed by atoms with Crippen molar-refractivity contribution in [3.8, 4) is 0 Å². The van der Waals surface area contributed by atoms with E-state index in [1.807, 2.05) is 0 Å². The Labute approximate surface area is 65.0 Å². The highest BCUT2D eigenvalue weighted by Crippen LogP contribution is 2.05. The smallest absolute Gasteiger partial charge is 0.275 e. The number of aromatic nitrogens is 2. The molecule has 0 amide bonds. The van der Waals surface area contributed by atoms with Crippen molar-refractivity contribution in [3.63, 3.8) is 0 Å². The van der Waals surface area contributed by atoms with Crippen LogP contribution in [-0.2, 0) is 0 Å². The third-order valence-corrected chi connectivity index (χ3v) is 1.13. The molecule has 11 heavy (non-hydrogen) atoms. The Balaban J connectivity index is 3.20. The molecule has 0 aliphatic heterocycles. The molecule has 0 saturated heterocycles. The number of halogens is 3. The zero-order chi connectivity index (χ0) is 8.43. The van der Waals surface area contributed by atoms with Gasteiger partial charge >= 0.3 is 6.08 Å². The minimum atomic E-state index is -1.25. The Bertz CT molecular complexity index is 305. The van der Waals surface area contributed by atoms with Crippen molar-refractivity contribution in [2.45, 2.75) is 0 Å². The maximum atomic E-state index is 12.4. The third-order valence-electron chi connectivity index (χ3n) is 0.925. The van der Waals surface area contributed by atoms with Gasteiger partial charge in [0.25, 0.3) is 5.24 Å². The molecule has 1 aromatic rings. The second-order valence-corrected chi connectivity index (χ2v) is 1.96. The molecule has 58 valence electrons. The topological polar surface area (TPSA) is 42.9 Å². The Morgan fingerprint density at radius 3 is 2.64 bits per heavy atom. The molecule has 0 N–H and O–H groups in total. The Hall–Kier alpha value is -1.10. The maximum Gasteiger partial charge on any atom is 0.311 e. The van der Waals surface area contributed by atoms with Crippen molar-refractivity contribution in [2.24, 2.45) is 0 Å². The lowest BCUT2D eigenvalue weighted by Gasteiger charge is -1.92. The van der Waals surface area contributed by atoms with Crippen molar-refractivity contribution in [1.82, 2.24) is 9.97 Å². The SMILES string of the molecule is O=C(Cl)c1cnc(F)nc1F. The highest BCUT2D eigenvalue weighted by atomic mass is 35.5. The lowest BCUT2D eigenvalue weighted by Crippen LogP contribution is -2.01. The van der Waals surface area contributed by atoms with Gasteiger partial charge in [0, 0.05) is 6.20 Å². The first-order valence-corrected chi connectivity index (χ1v) is 2.87. The normalized spacial score (nSPS) is 9.73. The standard InChI is InChI=1S/C5HClF2N2O/c6-3(11)2-1-9-5(8)10-4(2)7/h1H. The fraction of sp³-hybridized carbons (Fsp3) is 0. The van der Waals surface area contributed by atoms with Gasteiger partial charge in [-0.1, -0.05) is 0 Å². The van der Waals surface area contributed by atoms with Gasteiger partial charge in [-0.25, -0.2) is 4.98 Å². The first-order chi connectivity index (χ1) is 5.11. The molecule has 1 rings (SSSR count). The molecule has 0 atom stereocenters. The molecular formula is C5HClF2N2O. The lowest BCUT2D eigenvalue weighted by atomic mass is 10.4. The molecule has 0 fully saturated rings. The van der Waals surface area contributed by atoms with Crippen LogP contribution in [0.4, 0.5) is 8.78 Å². The van der Waals surface area contributed by atoms with Gasteiger partial charge in [0.15, 0.2) is 0 Å². The van der Waals surface area contributed by atoms with E-state index in [1.165, 1.54) is 0 Å². The molecule has 1 heterocycles. The zero-order valence-corrected chi connectivity index (χ0v) is 5.77. The fourth-order valence-corrected chi connectivity index (χ4v) is 0.600. The largest absolute Gasteiger partial charge is 0.311 e. The van der Waals surface area contributed by atoms with Gasteiger partial charge in [0.1, 0.15) is 5.56 Å². The van der Waals surface area contributed by atoms with Crippen LogP contribution in [0.2, 0.25) is 0 Å². The Morgan fingerprint density at radius 2 is 2.18 bits per heavy atom. The van der Waals surface area contributed by atoms with E-state index in [-0.39, 0.29) is 0 Å². The maximum absolute atomic E-state index is 12.4. The zero-order valence-electron chi connectivity index (χ0n) is 5.01. The number of hydrogen-bond donors (Lipinski definition) is 0. The fourth-order valence-electron chi connectivity index (χ4n) is 0.473. The summed E-state index contributed by atoms with van der Waals surface area (Å²) in [6.45, 7) is 0. The minimum absolute atomic E-state index is 0.534. The predicted molar refractivity (Wildman–Crippen MR) is 32.1 cm³/mol. The van der Waals surface area contributed by atoms with E-state index in [0.717, 1.165) is 0 Å². The molecule has 3 nitrogen and oxygen atoms in total. The van der Waals surface area contributed by atoms with Crippen LogP contribution in [0.1, 0.15) is 10.4 Å². The number of rotatable bonds is 1. The first-order valence-electron chi connectivity index (χ1n) is 2.49. The van der Waals surface area contributed by atoms with Gasteiger partial charge in [-0.3, -0.25) is 4.79 Å². The summed E-state index contributed by atoms with van der Waals surface area (Å²) >= 11 is 4.88. The van der Waals surface area contributed by atoms with Crippen LogP contribution >= 0.6 is 11.6 Å². The summed E-state index contributed by atoms with van der Waals surface area (Å²) in [5, 5.41) is -1.05. The Kier molecular flexibility index (Phi) is 2.09. The number of nitrogens with zero attached hydrogens (tertiary/aromatic N) is 2. The summed E-state index contributed by atoms with van der Waals surface area (Å²) in [6.07, 6.45) is -0.545. The van der Waals surface area contributed by atoms with Crippen LogP contribution in [0.15, 0.2) is 6.20 Å². The molecule has 0 bridgehead atoms. The summed E-state index contributed by atoms with van der Waals surface area (Å²) in [4.78, 5) is 15.9. The molecule has 0 aliphatic carbocycles. The van der Waals surface area contributed by atoms with E-state index in [1.54, 1.807) is 0 Å². The van der Waals surface area contributed by atoms with E-state index in [9.17, 15) is 13.6 Å². The minimum Gasteiger partial charge on any atom is -0.275 e. The average Bonchev–Trinajstić information content (AvgIpc) is 1.85. The number of carbonyl (C=O) groups is 1. The highest BCUT2D eigenvalue weighted by molar-refractivity contribution is 6.67. The first kappa shape index (κ1) is 8.00. The van der Waals surface area contributed by atoms with Gasteiger partial charge in [-0.2, -0.15) is 13.8 Å². The van der Waals surface area contributed by atoms with E-state index >= 15 is 0 Å². The average molecular weight is 179 g/mol. The molecule has 0 spiro atoms. The molecule has 0 aromatic carbocycles. The van der Waals surface area contributed by atoms with Crippen LogP contribution in [0.25, 0.3) is 0 Å². The van der Waals surface area contributed by atoms with Crippen LogP contribution < -0.4 is 0 Å². The van der Waals surface area contributed by atoms with Gasteiger partial charge in [-0.05, 0) is 11.6 Å². The summed E-state index contributed by atoms with van der Waals surface area (Å²) < 4.78 is 24.4. The third kappa shape index (κ3) is 1.68. The van der Waals surface area contributed by atoms with Crippen molar-refractivity contribution >= 4 is 16.8 Å². The van der Waals surface area contributed by atoms with Gasteiger partial charge < -0.3 is 0 Å². The Morgan fingerprint density at radius 1 is 1.55 bits per heavy atom. The molecule has 0 radical (unpaired) electrons. The van der Waals surface area contributed by atoms with Gasteiger partial charge in [0.05, 0.1) is 0 Å². The molecule has 0 aliphatic rings. The van der Waals surface area contributed by atoms with Crippen LogP contribution in [-0.4, -0.2) is 15.2 Å². The van der Waals surface area contributed by atoms with Crippen molar-refractivity contribution in [2.75, 3.05) is 0 Å². The molecule has 0 unspecified atom stereocenters.